The molecule has 0 spiro atoms. The molecule has 1 aromatic carbocycles. The number of terminal acetylenes is 1. The van der Waals surface area contributed by atoms with Gasteiger partial charge in [0.2, 0.25) is 0 Å². The van der Waals surface area contributed by atoms with Crippen LogP contribution in [0.2, 0.25) is 0 Å². The fourth-order valence-electron chi connectivity index (χ4n) is 0.991. The Morgan fingerprint density at radius 2 is 2.25 bits per heavy atom. The molecular weight excluding hydrogens is 153 g/mol. The first-order chi connectivity index (χ1) is 5.72. The molecule has 1 rings (SSSR count). The van der Waals surface area contributed by atoms with Crippen LogP contribution in [0.15, 0.2) is 18.2 Å². The summed E-state index contributed by atoms with van der Waals surface area (Å²) in [6.45, 7) is 2.26. The smallest absolute Gasteiger partial charge is 0.125 e. The van der Waals surface area contributed by atoms with Gasteiger partial charge >= 0.3 is 0 Å². The molecule has 0 radical (unpaired) electrons. The first kappa shape index (κ1) is 8.61. The molecule has 0 saturated carbocycles. The maximum Gasteiger partial charge on any atom is 0.125 e. The third-order valence-electron chi connectivity index (χ3n) is 1.44. The van der Waals surface area contributed by atoms with Crippen LogP contribution in [0.4, 0.5) is 10.1 Å². The summed E-state index contributed by atoms with van der Waals surface area (Å²) in [5.41, 5.74) is 1.61. The van der Waals surface area contributed by atoms with Crippen LogP contribution in [0.3, 0.4) is 0 Å². The zero-order valence-electron chi connectivity index (χ0n) is 6.89. The maximum atomic E-state index is 12.8. The monoisotopic (exact) mass is 163 g/mol. The van der Waals surface area contributed by atoms with E-state index in [0.29, 0.717) is 6.54 Å². The van der Waals surface area contributed by atoms with Crippen molar-refractivity contribution in [1.29, 1.82) is 0 Å². The Hall–Kier alpha value is -1.49. The highest BCUT2D eigenvalue weighted by atomic mass is 19.1. The van der Waals surface area contributed by atoms with E-state index in [9.17, 15) is 4.39 Å². The van der Waals surface area contributed by atoms with Crippen LogP contribution in [0, 0.1) is 25.1 Å². The second-order valence-electron chi connectivity index (χ2n) is 2.57. The molecule has 62 valence electrons. The number of rotatable bonds is 2. The molecule has 1 nitrogen and oxygen atoms in total. The summed E-state index contributed by atoms with van der Waals surface area (Å²) in [6, 6.07) is 4.74. The number of anilines is 1. The van der Waals surface area contributed by atoms with Crippen molar-refractivity contribution in [3.8, 4) is 12.3 Å². The zero-order valence-corrected chi connectivity index (χ0v) is 6.89. The van der Waals surface area contributed by atoms with Crippen molar-refractivity contribution in [2.24, 2.45) is 0 Å². The maximum absolute atomic E-state index is 12.8. The molecule has 0 saturated heterocycles. The molecular formula is C10H10FN. The van der Waals surface area contributed by atoms with Crippen molar-refractivity contribution < 1.29 is 4.39 Å². The van der Waals surface area contributed by atoms with E-state index < -0.39 is 0 Å². The Morgan fingerprint density at radius 1 is 1.50 bits per heavy atom. The number of aryl methyl sites for hydroxylation is 1. The lowest BCUT2D eigenvalue weighted by atomic mass is 10.2. The molecule has 0 unspecified atom stereocenters. The van der Waals surface area contributed by atoms with Gasteiger partial charge in [0.05, 0.1) is 6.54 Å². The van der Waals surface area contributed by atoms with Crippen LogP contribution in [0.25, 0.3) is 0 Å². The third kappa shape index (κ3) is 2.28. The molecule has 0 amide bonds. The van der Waals surface area contributed by atoms with E-state index in [-0.39, 0.29) is 5.82 Å². The van der Waals surface area contributed by atoms with E-state index in [1.165, 1.54) is 12.1 Å². The molecule has 1 aromatic rings. The highest BCUT2D eigenvalue weighted by molar-refractivity contribution is 5.46. The minimum Gasteiger partial charge on any atom is -0.374 e. The van der Waals surface area contributed by atoms with Gasteiger partial charge in [-0.2, -0.15) is 0 Å². The van der Waals surface area contributed by atoms with Gasteiger partial charge in [-0.1, -0.05) is 5.92 Å². The summed E-state index contributed by atoms with van der Waals surface area (Å²) in [5, 5.41) is 2.90. The van der Waals surface area contributed by atoms with Crippen LogP contribution in [-0.4, -0.2) is 6.54 Å². The van der Waals surface area contributed by atoms with Crippen molar-refractivity contribution in [2.75, 3.05) is 11.9 Å². The number of hydrogen-bond donors (Lipinski definition) is 1. The highest BCUT2D eigenvalue weighted by Gasteiger charge is 1.95. The van der Waals surface area contributed by atoms with Crippen LogP contribution < -0.4 is 5.32 Å². The Labute approximate surface area is 71.6 Å². The van der Waals surface area contributed by atoms with Gasteiger partial charge in [-0.25, -0.2) is 4.39 Å². The van der Waals surface area contributed by atoms with E-state index in [4.69, 9.17) is 6.42 Å². The van der Waals surface area contributed by atoms with Crippen LogP contribution >= 0.6 is 0 Å². The van der Waals surface area contributed by atoms with Gasteiger partial charge in [-0.15, -0.1) is 6.42 Å². The van der Waals surface area contributed by atoms with Gasteiger partial charge in [0, 0.05) is 5.69 Å². The SMILES string of the molecule is C#CCNc1cc(C)cc(F)c1. The summed E-state index contributed by atoms with van der Waals surface area (Å²) >= 11 is 0. The van der Waals surface area contributed by atoms with Gasteiger partial charge in [-0.05, 0) is 30.7 Å². The van der Waals surface area contributed by atoms with Crippen molar-refractivity contribution in [3.63, 3.8) is 0 Å². The third-order valence-corrected chi connectivity index (χ3v) is 1.44. The van der Waals surface area contributed by atoms with Crippen LogP contribution in [-0.2, 0) is 0 Å². The fourth-order valence-corrected chi connectivity index (χ4v) is 0.991. The average molecular weight is 163 g/mol. The Balaban J connectivity index is 2.80. The summed E-state index contributed by atoms with van der Waals surface area (Å²) in [4.78, 5) is 0. The molecule has 0 atom stereocenters. The lowest BCUT2D eigenvalue weighted by Crippen LogP contribution is -1.98. The predicted molar refractivity (Wildman–Crippen MR) is 48.5 cm³/mol. The molecule has 2 heteroatoms. The van der Waals surface area contributed by atoms with Crippen molar-refractivity contribution >= 4 is 5.69 Å². The zero-order chi connectivity index (χ0) is 8.97. The minimum absolute atomic E-state index is 0.241. The van der Waals surface area contributed by atoms with E-state index in [1.807, 2.05) is 13.0 Å². The fraction of sp³-hybridized carbons (Fsp3) is 0.200. The summed E-state index contributed by atoms with van der Waals surface area (Å²) in [5.74, 6) is 2.18. The second-order valence-corrected chi connectivity index (χ2v) is 2.57. The van der Waals surface area contributed by atoms with E-state index in [0.717, 1.165) is 11.3 Å². The van der Waals surface area contributed by atoms with Crippen LogP contribution in [0.1, 0.15) is 5.56 Å². The van der Waals surface area contributed by atoms with E-state index in [1.54, 1.807) is 0 Å². The number of halogens is 1. The van der Waals surface area contributed by atoms with Crippen molar-refractivity contribution in [1.82, 2.24) is 0 Å². The summed E-state index contributed by atoms with van der Waals surface area (Å²) in [6.07, 6.45) is 5.05. The molecule has 0 heterocycles. The van der Waals surface area contributed by atoms with Crippen LogP contribution in [0.5, 0.6) is 0 Å². The van der Waals surface area contributed by atoms with E-state index in [2.05, 4.69) is 11.2 Å². The normalized spacial score (nSPS) is 9.08. The van der Waals surface area contributed by atoms with Gasteiger partial charge in [0.1, 0.15) is 5.82 Å². The minimum atomic E-state index is -0.241. The lowest BCUT2D eigenvalue weighted by molar-refractivity contribution is 0.627. The molecule has 0 aromatic heterocycles. The highest BCUT2D eigenvalue weighted by Crippen LogP contribution is 2.12. The lowest BCUT2D eigenvalue weighted by Gasteiger charge is -2.03. The van der Waals surface area contributed by atoms with E-state index >= 15 is 0 Å². The first-order valence-corrected chi connectivity index (χ1v) is 3.67. The predicted octanol–water partition coefficient (Wildman–Crippen LogP) is 2.18. The van der Waals surface area contributed by atoms with Gasteiger partial charge in [-0.3, -0.25) is 0 Å². The quantitative estimate of drug-likeness (QED) is 0.659. The number of benzene rings is 1. The Bertz CT molecular complexity index is 292. The molecule has 0 fully saturated rings. The van der Waals surface area contributed by atoms with Gasteiger partial charge in [0.25, 0.3) is 0 Å². The molecule has 1 N–H and O–H groups in total. The number of nitrogens with one attached hydrogen (secondary N) is 1. The molecule has 0 aliphatic heterocycles. The molecule has 0 bridgehead atoms. The standard InChI is InChI=1S/C10H10FN/c1-3-4-12-10-6-8(2)5-9(11)7-10/h1,5-7,12H,4H2,2H3. The van der Waals surface area contributed by atoms with Gasteiger partial charge in [0.15, 0.2) is 0 Å². The molecule has 0 aliphatic carbocycles. The van der Waals surface area contributed by atoms with Crippen molar-refractivity contribution in [3.05, 3.63) is 29.6 Å². The topological polar surface area (TPSA) is 12.0 Å². The first-order valence-electron chi connectivity index (χ1n) is 3.67. The summed E-state index contributed by atoms with van der Waals surface area (Å²) in [7, 11) is 0. The Kier molecular flexibility index (Phi) is 2.71. The molecule has 12 heavy (non-hydrogen) atoms. The average Bonchev–Trinajstić information content (AvgIpc) is 1.99. The number of hydrogen-bond acceptors (Lipinski definition) is 1. The summed E-state index contributed by atoms with van der Waals surface area (Å²) < 4.78 is 12.8. The van der Waals surface area contributed by atoms with Gasteiger partial charge < -0.3 is 5.32 Å². The van der Waals surface area contributed by atoms with Crippen molar-refractivity contribution in [2.45, 2.75) is 6.92 Å². The largest absolute Gasteiger partial charge is 0.374 e. The molecule has 0 aliphatic rings. The second kappa shape index (κ2) is 3.77. The Morgan fingerprint density at radius 3 is 2.83 bits per heavy atom.